The lowest BCUT2D eigenvalue weighted by atomic mass is 10.0. The van der Waals surface area contributed by atoms with Crippen LogP contribution in [0.5, 0.6) is 5.75 Å². The van der Waals surface area contributed by atoms with E-state index in [1.807, 2.05) is 24.3 Å². The van der Waals surface area contributed by atoms with Crippen molar-refractivity contribution in [2.45, 2.75) is 4.83 Å². The molecule has 0 spiro atoms. The van der Waals surface area contributed by atoms with Crippen molar-refractivity contribution in [1.29, 1.82) is 0 Å². The summed E-state index contributed by atoms with van der Waals surface area (Å²) in [5.41, 5.74) is 2.09. The highest BCUT2D eigenvalue weighted by atomic mass is 79.9. The van der Waals surface area contributed by atoms with Crippen LogP contribution < -0.4 is 4.74 Å². The van der Waals surface area contributed by atoms with Crippen molar-refractivity contribution < 1.29 is 9.13 Å². The Morgan fingerprint density at radius 2 is 1.76 bits per heavy atom. The summed E-state index contributed by atoms with van der Waals surface area (Å²) in [5.74, 6) is 0.591. The van der Waals surface area contributed by atoms with Gasteiger partial charge in [-0.05, 0) is 35.4 Å². The van der Waals surface area contributed by atoms with Crippen molar-refractivity contribution in [3.63, 3.8) is 0 Å². The van der Waals surface area contributed by atoms with E-state index in [2.05, 4.69) is 15.9 Å². The fraction of sp³-hybridized carbons (Fsp3) is 0.143. The molecule has 88 valence electrons. The van der Waals surface area contributed by atoms with E-state index in [0.29, 0.717) is 0 Å². The smallest absolute Gasteiger partial charge is 0.123 e. The molecule has 1 unspecified atom stereocenters. The molecule has 0 aliphatic rings. The second-order valence-electron chi connectivity index (χ2n) is 3.69. The van der Waals surface area contributed by atoms with Gasteiger partial charge in [-0.15, -0.1) is 0 Å². The van der Waals surface area contributed by atoms with Gasteiger partial charge in [0.15, 0.2) is 0 Å². The number of ether oxygens (including phenoxy) is 1. The fourth-order valence-corrected chi connectivity index (χ4v) is 2.21. The second-order valence-corrected chi connectivity index (χ2v) is 4.61. The van der Waals surface area contributed by atoms with Crippen molar-refractivity contribution in [1.82, 2.24) is 0 Å². The molecule has 1 nitrogen and oxygen atoms in total. The zero-order valence-corrected chi connectivity index (χ0v) is 10.9. The Morgan fingerprint density at radius 1 is 1.06 bits per heavy atom. The molecule has 0 radical (unpaired) electrons. The molecule has 0 heterocycles. The standard InChI is InChI=1S/C14H12BrFO/c1-17-13-4-2-3-11(9-13)14(15)10-5-7-12(16)8-6-10/h2-9,14H,1H3. The summed E-state index contributed by atoms with van der Waals surface area (Å²) in [5, 5.41) is 0. The van der Waals surface area contributed by atoms with E-state index in [-0.39, 0.29) is 10.6 Å². The lowest BCUT2D eigenvalue weighted by Crippen LogP contribution is -1.93. The van der Waals surface area contributed by atoms with E-state index in [0.717, 1.165) is 16.9 Å². The van der Waals surface area contributed by atoms with Gasteiger partial charge in [0.2, 0.25) is 0 Å². The lowest BCUT2D eigenvalue weighted by Gasteiger charge is -2.11. The second kappa shape index (κ2) is 5.32. The maximum atomic E-state index is 12.8. The van der Waals surface area contributed by atoms with Gasteiger partial charge in [0.1, 0.15) is 11.6 Å². The van der Waals surface area contributed by atoms with E-state index in [1.165, 1.54) is 12.1 Å². The zero-order chi connectivity index (χ0) is 12.3. The highest BCUT2D eigenvalue weighted by molar-refractivity contribution is 9.09. The monoisotopic (exact) mass is 294 g/mol. The highest BCUT2D eigenvalue weighted by Gasteiger charge is 2.10. The summed E-state index contributed by atoms with van der Waals surface area (Å²) in [6.07, 6.45) is 0. The number of alkyl halides is 1. The maximum Gasteiger partial charge on any atom is 0.123 e. The number of hydrogen-bond acceptors (Lipinski definition) is 1. The molecule has 0 N–H and O–H groups in total. The molecule has 0 aliphatic heterocycles. The first-order chi connectivity index (χ1) is 8.20. The van der Waals surface area contributed by atoms with Gasteiger partial charge in [0.05, 0.1) is 11.9 Å². The minimum absolute atomic E-state index is 0.0400. The molecule has 0 fully saturated rings. The Balaban J connectivity index is 2.29. The van der Waals surface area contributed by atoms with Gasteiger partial charge in [-0.1, -0.05) is 40.2 Å². The molecule has 0 bridgehead atoms. The zero-order valence-electron chi connectivity index (χ0n) is 9.36. The minimum atomic E-state index is -0.223. The molecule has 2 rings (SSSR count). The van der Waals surface area contributed by atoms with Crippen LogP contribution in [0.15, 0.2) is 48.5 Å². The van der Waals surface area contributed by atoms with E-state index in [9.17, 15) is 4.39 Å². The van der Waals surface area contributed by atoms with Crippen LogP contribution in [0.2, 0.25) is 0 Å². The van der Waals surface area contributed by atoms with Crippen LogP contribution in [0.1, 0.15) is 16.0 Å². The third-order valence-corrected chi connectivity index (χ3v) is 3.61. The third kappa shape index (κ3) is 2.86. The molecule has 0 aromatic heterocycles. The van der Waals surface area contributed by atoms with Crippen molar-refractivity contribution in [3.05, 3.63) is 65.5 Å². The lowest BCUT2D eigenvalue weighted by molar-refractivity contribution is 0.414. The summed E-state index contributed by atoms with van der Waals surface area (Å²) in [4.78, 5) is 0.0400. The molecule has 1 atom stereocenters. The predicted octanol–water partition coefficient (Wildman–Crippen LogP) is 4.32. The molecule has 0 aliphatic carbocycles. The van der Waals surface area contributed by atoms with Crippen LogP contribution in [0, 0.1) is 5.82 Å². The van der Waals surface area contributed by atoms with E-state index < -0.39 is 0 Å². The molecule has 2 aromatic rings. The van der Waals surface area contributed by atoms with E-state index in [1.54, 1.807) is 19.2 Å². The minimum Gasteiger partial charge on any atom is -0.497 e. The van der Waals surface area contributed by atoms with Crippen LogP contribution >= 0.6 is 15.9 Å². The van der Waals surface area contributed by atoms with Gasteiger partial charge in [-0.3, -0.25) is 0 Å². The molecular weight excluding hydrogens is 283 g/mol. The van der Waals surface area contributed by atoms with Gasteiger partial charge >= 0.3 is 0 Å². The third-order valence-electron chi connectivity index (χ3n) is 2.55. The maximum absolute atomic E-state index is 12.8. The molecule has 3 heteroatoms. The largest absolute Gasteiger partial charge is 0.497 e. The highest BCUT2D eigenvalue weighted by Crippen LogP contribution is 2.32. The SMILES string of the molecule is COc1cccc(C(Br)c2ccc(F)cc2)c1. The molecule has 17 heavy (non-hydrogen) atoms. The van der Waals surface area contributed by atoms with Gasteiger partial charge in [-0.2, -0.15) is 0 Å². The van der Waals surface area contributed by atoms with Crippen LogP contribution in [-0.4, -0.2) is 7.11 Å². The van der Waals surface area contributed by atoms with Gasteiger partial charge < -0.3 is 4.74 Å². The molecule has 2 aromatic carbocycles. The summed E-state index contributed by atoms with van der Waals surface area (Å²) in [7, 11) is 1.64. The Bertz CT molecular complexity index is 496. The van der Waals surface area contributed by atoms with Crippen molar-refractivity contribution in [3.8, 4) is 5.75 Å². The molecular formula is C14H12BrFO. The first kappa shape index (κ1) is 12.1. The number of benzene rings is 2. The summed E-state index contributed by atoms with van der Waals surface area (Å²) < 4.78 is 18.0. The number of methoxy groups -OCH3 is 1. The Kier molecular flexibility index (Phi) is 3.79. The van der Waals surface area contributed by atoms with Crippen LogP contribution in [-0.2, 0) is 0 Å². The first-order valence-electron chi connectivity index (χ1n) is 5.24. The topological polar surface area (TPSA) is 9.23 Å². The predicted molar refractivity (Wildman–Crippen MR) is 70.2 cm³/mol. The van der Waals surface area contributed by atoms with Gasteiger partial charge in [0, 0.05) is 0 Å². The average molecular weight is 295 g/mol. The molecule has 0 saturated carbocycles. The molecule has 0 saturated heterocycles. The first-order valence-corrected chi connectivity index (χ1v) is 6.16. The van der Waals surface area contributed by atoms with E-state index in [4.69, 9.17) is 4.74 Å². The Morgan fingerprint density at radius 3 is 2.41 bits per heavy atom. The van der Waals surface area contributed by atoms with Crippen molar-refractivity contribution >= 4 is 15.9 Å². The Labute approximate surface area is 108 Å². The summed E-state index contributed by atoms with van der Waals surface area (Å²) in [6.45, 7) is 0. The number of rotatable bonds is 3. The Hall–Kier alpha value is -1.35. The van der Waals surface area contributed by atoms with Crippen molar-refractivity contribution in [2.75, 3.05) is 7.11 Å². The average Bonchev–Trinajstić information content (AvgIpc) is 2.39. The summed E-state index contributed by atoms with van der Waals surface area (Å²) in [6, 6.07) is 14.3. The summed E-state index contributed by atoms with van der Waals surface area (Å²) >= 11 is 3.60. The molecule has 0 amide bonds. The normalized spacial score (nSPS) is 12.2. The number of halogens is 2. The van der Waals surface area contributed by atoms with Crippen molar-refractivity contribution in [2.24, 2.45) is 0 Å². The van der Waals surface area contributed by atoms with Gasteiger partial charge in [-0.25, -0.2) is 4.39 Å². The van der Waals surface area contributed by atoms with Gasteiger partial charge in [0.25, 0.3) is 0 Å². The van der Waals surface area contributed by atoms with E-state index >= 15 is 0 Å². The van der Waals surface area contributed by atoms with Crippen LogP contribution in [0.4, 0.5) is 4.39 Å². The quantitative estimate of drug-likeness (QED) is 0.766. The van der Waals surface area contributed by atoms with Crippen LogP contribution in [0.25, 0.3) is 0 Å². The number of hydrogen-bond donors (Lipinski definition) is 0. The fourth-order valence-electron chi connectivity index (χ4n) is 1.62. The van der Waals surface area contributed by atoms with Crippen LogP contribution in [0.3, 0.4) is 0 Å².